The summed E-state index contributed by atoms with van der Waals surface area (Å²) in [5, 5.41) is 0. The molecule has 0 aliphatic carbocycles. The third kappa shape index (κ3) is 7.67. The molecule has 5 nitrogen and oxygen atoms in total. The molecule has 0 heterocycles. The van der Waals surface area contributed by atoms with E-state index >= 15 is 0 Å². The molecule has 0 aromatic heterocycles. The Morgan fingerprint density at radius 2 is 1.30 bits per heavy atom. The highest BCUT2D eigenvalue weighted by Crippen LogP contribution is 2.38. The Morgan fingerprint density at radius 3 is 1.85 bits per heavy atom. The molecule has 0 radical (unpaired) electrons. The molecule has 6 heteroatoms. The zero-order valence-electron chi connectivity index (χ0n) is 15.5. The average Bonchev–Trinajstić information content (AvgIpc) is 2.60. The van der Waals surface area contributed by atoms with Gasteiger partial charge in [-0.05, 0) is 56.7 Å². The molecule has 0 saturated carbocycles. The number of hydrogen-bond donors (Lipinski definition) is 2. The highest BCUT2D eigenvalue weighted by Gasteiger charge is 2.16. The SMILES string of the molecule is Cc1ccc(OP(=O)(O)O)c(C)c1.Cc1ccc(Oc2ccccc2)cc1. The van der Waals surface area contributed by atoms with E-state index < -0.39 is 7.82 Å². The van der Waals surface area contributed by atoms with Gasteiger partial charge in [0, 0.05) is 0 Å². The van der Waals surface area contributed by atoms with Gasteiger partial charge in [0.1, 0.15) is 17.2 Å². The number of phosphoric acid groups is 1. The maximum Gasteiger partial charge on any atom is 0.524 e. The number of aryl methyl sites for hydroxylation is 3. The van der Waals surface area contributed by atoms with Gasteiger partial charge in [-0.25, -0.2) is 4.57 Å². The number of ether oxygens (including phenoxy) is 1. The molecule has 27 heavy (non-hydrogen) atoms. The minimum absolute atomic E-state index is 0.221. The summed E-state index contributed by atoms with van der Waals surface area (Å²) in [6, 6.07) is 22.9. The standard InChI is InChI=1S/C13H12O.C8H11O4P/c1-11-7-9-13(10-8-11)14-12-5-3-2-4-6-12;1-6-3-4-8(7(2)5-6)12-13(9,10)11/h2-10H,1H3;3-5H,1-2H3,(H2,9,10,11). The highest BCUT2D eigenvalue weighted by molar-refractivity contribution is 7.46. The van der Waals surface area contributed by atoms with E-state index in [4.69, 9.17) is 14.5 Å². The van der Waals surface area contributed by atoms with Gasteiger partial charge in [-0.15, -0.1) is 0 Å². The first-order chi connectivity index (χ1) is 12.7. The molecule has 142 valence electrons. The second kappa shape index (κ2) is 9.38. The van der Waals surface area contributed by atoms with E-state index in [-0.39, 0.29) is 5.75 Å². The molecule has 3 rings (SSSR count). The van der Waals surface area contributed by atoms with E-state index in [1.807, 2.05) is 61.5 Å². The number of para-hydroxylation sites is 1. The summed E-state index contributed by atoms with van der Waals surface area (Å²) in [4.78, 5) is 17.1. The van der Waals surface area contributed by atoms with Gasteiger partial charge in [-0.2, -0.15) is 0 Å². The minimum Gasteiger partial charge on any atom is -0.457 e. The molecular formula is C21H23O5P. The van der Waals surface area contributed by atoms with Crippen molar-refractivity contribution in [1.29, 1.82) is 0 Å². The van der Waals surface area contributed by atoms with Crippen LogP contribution >= 0.6 is 7.82 Å². The molecule has 0 unspecified atom stereocenters. The van der Waals surface area contributed by atoms with Gasteiger partial charge in [0.15, 0.2) is 0 Å². The van der Waals surface area contributed by atoms with Crippen LogP contribution in [0, 0.1) is 20.8 Å². The summed E-state index contributed by atoms with van der Waals surface area (Å²) in [5.41, 5.74) is 2.98. The van der Waals surface area contributed by atoms with E-state index in [0.29, 0.717) is 5.56 Å². The maximum atomic E-state index is 10.5. The van der Waals surface area contributed by atoms with Crippen LogP contribution in [0.2, 0.25) is 0 Å². The monoisotopic (exact) mass is 386 g/mol. The van der Waals surface area contributed by atoms with Crippen LogP contribution in [0.5, 0.6) is 17.2 Å². The molecule has 0 amide bonds. The average molecular weight is 386 g/mol. The van der Waals surface area contributed by atoms with Crippen LogP contribution in [0.15, 0.2) is 72.8 Å². The van der Waals surface area contributed by atoms with Crippen LogP contribution in [-0.4, -0.2) is 9.79 Å². The Hall–Kier alpha value is -2.59. The van der Waals surface area contributed by atoms with E-state index in [0.717, 1.165) is 17.1 Å². The minimum atomic E-state index is -4.43. The highest BCUT2D eigenvalue weighted by atomic mass is 31.2. The molecule has 0 aliphatic rings. The van der Waals surface area contributed by atoms with Crippen LogP contribution < -0.4 is 9.26 Å². The fourth-order valence-corrected chi connectivity index (χ4v) is 2.72. The van der Waals surface area contributed by atoms with Crippen molar-refractivity contribution < 1.29 is 23.6 Å². The summed E-state index contributed by atoms with van der Waals surface area (Å²) in [6.45, 7) is 5.69. The molecule has 3 aromatic rings. The summed E-state index contributed by atoms with van der Waals surface area (Å²) in [6.07, 6.45) is 0. The first-order valence-electron chi connectivity index (χ1n) is 8.35. The number of benzene rings is 3. The van der Waals surface area contributed by atoms with Gasteiger partial charge in [-0.1, -0.05) is 53.6 Å². The van der Waals surface area contributed by atoms with Crippen LogP contribution in [0.3, 0.4) is 0 Å². The molecular weight excluding hydrogens is 363 g/mol. The van der Waals surface area contributed by atoms with Crippen molar-refractivity contribution in [1.82, 2.24) is 0 Å². The van der Waals surface area contributed by atoms with Gasteiger partial charge in [0.2, 0.25) is 0 Å². The maximum absolute atomic E-state index is 10.5. The summed E-state index contributed by atoms with van der Waals surface area (Å²) in [5.74, 6) is 1.97. The normalized spacial score (nSPS) is 10.6. The van der Waals surface area contributed by atoms with Gasteiger partial charge >= 0.3 is 7.82 Å². The van der Waals surface area contributed by atoms with E-state index in [9.17, 15) is 4.57 Å². The smallest absolute Gasteiger partial charge is 0.457 e. The van der Waals surface area contributed by atoms with E-state index in [1.54, 1.807) is 25.1 Å². The largest absolute Gasteiger partial charge is 0.524 e. The lowest BCUT2D eigenvalue weighted by Crippen LogP contribution is -1.92. The first kappa shape index (κ1) is 20.7. The predicted molar refractivity (Wildman–Crippen MR) is 106 cm³/mol. The Kier molecular flexibility index (Phi) is 7.19. The molecule has 0 bridgehead atoms. The van der Waals surface area contributed by atoms with E-state index in [1.165, 1.54) is 5.56 Å². The van der Waals surface area contributed by atoms with Crippen molar-refractivity contribution in [3.8, 4) is 17.2 Å². The molecule has 0 saturated heterocycles. The second-order valence-corrected chi connectivity index (χ2v) is 7.24. The van der Waals surface area contributed by atoms with Crippen molar-refractivity contribution in [2.75, 3.05) is 0 Å². The Balaban J connectivity index is 0.000000194. The van der Waals surface area contributed by atoms with Crippen LogP contribution in [0.1, 0.15) is 16.7 Å². The predicted octanol–water partition coefficient (Wildman–Crippen LogP) is 5.56. The summed E-state index contributed by atoms with van der Waals surface area (Å²) in [7, 11) is -4.43. The molecule has 3 aromatic carbocycles. The van der Waals surface area contributed by atoms with Gasteiger partial charge < -0.3 is 9.26 Å². The zero-order chi connectivity index (χ0) is 19.9. The van der Waals surface area contributed by atoms with Gasteiger partial charge in [0.25, 0.3) is 0 Å². The second-order valence-electron chi connectivity index (χ2n) is 6.08. The molecule has 2 N–H and O–H groups in total. The third-order valence-corrected chi connectivity index (χ3v) is 3.98. The number of hydrogen-bond acceptors (Lipinski definition) is 3. The Labute approximate surface area is 159 Å². The van der Waals surface area contributed by atoms with Gasteiger partial charge in [-0.3, -0.25) is 9.79 Å². The number of rotatable bonds is 4. The van der Waals surface area contributed by atoms with Crippen molar-refractivity contribution >= 4 is 7.82 Å². The van der Waals surface area contributed by atoms with Crippen molar-refractivity contribution in [3.05, 3.63) is 89.5 Å². The van der Waals surface area contributed by atoms with E-state index in [2.05, 4.69) is 11.4 Å². The Morgan fingerprint density at radius 1 is 0.741 bits per heavy atom. The lowest BCUT2D eigenvalue weighted by Gasteiger charge is -2.09. The fraction of sp³-hybridized carbons (Fsp3) is 0.143. The summed E-state index contributed by atoms with van der Waals surface area (Å²) < 4.78 is 20.6. The quantitative estimate of drug-likeness (QED) is 0.574. The summed E-state index contributed by atoms with van der Waals surface area (Å²) >= 11 is 0. The molecule has 0 atom stereocenters. The zero-order valence-corrected chi connectivity index (χ0v) is 16.4. The Bertz CT molecular complexity index is 902. The topological polar surface area (TPSA) is 76.0 Å². The lowest BCUT2D eigenvalue weighted by atomic mass is 10.1. The third-order valence-electron chi connectivity index (χ3n) is 3.55. The van der Waals surface area contributed by atoms with Crippen LogP contribution in [-0.2, 0) is 4.57 Å². The lowest BCUT2D eigenvalue weighted by molar-refractivity contribution is 0.282. The number of phosphoric ester groups is 1. The molecule has 0 spiro atoms. The fourth-order valence-electron chi connectivity index (χ4n) is 2.26. The van der Waals surface area contributed by atoms with Crippen molar-refractivity contribution in [2.24, 2.45) is 0 Å². The van der Waals surface area contributed by atoms with Crippen LogP contribution in [0.4, 0.5) is 0 Å². The molecule has 0 aliphatic heterocycles. The van der Waals surface area contributed by atoms with Crippen LogP contribution in [0.25, 0.3) is 0 Å². The van der Waals surface area contributed by atoms with Crippen molar-refractivity contribution in [3.63, 3.8) is 0 Å². The van der Waals surface area contributed by atoms with Gasteiger partial charge in [0.05, 0.1) is 0 Å². The first-order valence-corrected chi connectivity index (χ1v) is 9.88. The molecule has 0 fully saturated rings. The van der Waals surface area contributed by atoms with Crippen molar-refractivity contribution in [2.45, 2.75) is 20.8 Å².